The van der Waals surface area contributed by atoms with Gasteiger partial charge in [0, 0.05) is 16.0 Å². The third-order valence-electron chi connectivity index (χ3n) is 3.25. The minimum atomic E-state index is -3.75. The number of carbonyl (C=O) groups is 1. The van der Waals surface area contributed by atoms with Crippen molar-refractivity contribution in [3.05, 3.63) is 33.8 Å². The van der Waals surface area contributed by atoms with Crippen LogP contribution in [0.1, 0.15) is 18.4 Å². The normalized spacial score (nSPS) is 16.7. The van der Waals surface area contributed by atoms with Gasteiger partial charge in [0.25, 0.3) is 0 Å². The van der Waals surface area contributed by atoms with Crippen LogP contribution in [0.25, 0.3) is 0 Å². The summed E-state index contributed by atoms with van der Waals surface area (Å²) in [5.74, 6) is -1.03. The summed E-state index contributed by atoms with van der Waals surface area (Å²) in [5, 5.41) is 3.84. The van der Waals surface area contributed by atoms with Crippen LogP contribution in [-0.2, 0) is 20.6 Å². The third-order valence-corrected chi connectivity index (χ3v) is 4.91. The minimum absolute atomic E-state index is 0.260. The van der Waals surface area contributed by atoms with Gasteiger partial charge in [0.15, 0.2) is 0 Å². The zero-order chi connectivity index (χ0) is 15.5. The van der Waals surface area contributed by atoms with Gasteiger partial charge in [-0.2, -0.15) is 0 Å². The van der Waals surface area contributed by atoms with E-state index >= 15 is 0 Å². The van der Waals surface area contributed by atoms with Gasteiger partial charge < -0.3 is 5.32 Å². The van der Waals surface area contributed by atoms with Crippen LogP contribution in [0.4, 0.5) is 0 Å². The van der Waals surface area contributed by atoms with Gasteiger partial charge in [-0.25, -0.2) is 8.42 Å². The van der Waals surface area contributed by atoms with Crippen LogP contribution >= 0.6 is 23.2 Å². The molecular formula is C13H16Cl2N2O3S. The van der Waals surface area contributed by atoms with Crippen molar-refractivity contribution in [3.63, 3.8) is 0 Å². The average molecular weight is 351 g/mol. The highest BCUT2D eigenvalue weighted by Crippen LogP contribution is 2.20. The van der Waals surface area contributed by atoms with Crippen LogP contribution in [0.15, 0.2) is 18.2 Å². The van der Waals surface area contributed by atoms with Crippen molar-refractivity contribution < 1.29 is 13.2 Å². The van der Waals surface area contributed by atoms with E-state index in [9.17, 15) is 13.2 Å². The Balaban J connectivity index is 2.02. The van der Waals surface area contributed by atoms with E-state index in [1.165, 1.54) is 18.2 Å². The zero-order valence-electron chi connectivity index (χ0n) is 11.2. The van der Waals surface area contributed by atoms with Crippen molar-refractivity contribution in [3.8, 4) is 0 Å². The molecule has 0 aliphatic carbocycles. The first-order chi connectivity index (χ1) is 9.85. The number of benzene rings is 1. The second-order valence-electron chi connectivity index (χ2n) is 5.03. The summed E-state index contributed by atoms with van der Waals surface area (Å²) in [6, 6.07) is 4.55. The second-order valence-corrected chi connectivity index (χ2v) is 7.62. The third kappa shape index (κ3) is 5.14. The van der Waals surface area contributed by atoms with Crippen LogP contribution in [0.5, 0.6) is 0 Å². The molecule has 0 bridgehead atoms. The first-order valence-corrected chi connectivity index (χ1v) is 8.96. The molecule has 0 atom stereocenters. The molecule has 0 aromatic heterocycles. The molecule has 2 rings (SSSR count). The van der Waals surface area contributed by atoms with Crippen LogP contribution in [-0.4, -0.2) is 27.4 Å². The molecule has 1 heterocycles. The van der Waals surface area contributed by atoms with Gasteiger partial charge in [0.1, 0.15) is 0 Å². The summed E-state index contributed by atoms with van der Waals surface area (Å²) in [7, 11) is -3.75. The molecule has 0 saturated carbocycles. The molecule has 21 heavy (non-hydrogen) atoms. The number of hydrogen-bond acceptors (Lipinski definition) is 4. The summed E-state index contributed by atoms with van der Waals surface area (Å²) in [6.45, 7) is 1.45. The van der Waals surface area contributed by atoms with Crippen molar-refractivity contribution in [2.45, 2.75) is 18.6 Å². The van der Waals surface area contributed by atoms with E-state index in [0.29, 0.717) is 28.5 Å². The maximum atomic E-state index is 12.0. The lowest BCUT2D eigenvalue weighted by Gasteiger charge is -2.21. The Morgan fingerprint density at radius 2 is 1.76 bits per heavy atom. The van der Waals surface area contributed by atoms with Gasteiger partial charge in [-0.1, -0.05) is 23.2 Å². The fraction of sp³-hybridized carbons (Fsp3) is 0.462. The molecule has 0 radical (unpaired) electrons. The quantitative estimate of drug-likeness (QED) is 0.869. The van der Waals surface area contributed by atoms with E-state index < -0.39 is 15.9 Å². The Bertz CT molecular complexity index is 608. The van der Waals surface area contributed by atoms with E-state index in [0.717, 1.165) is 13.1 Å². The fourth-order valence-corrected chi connectivity index (χ4v) is 3.99. The molecule has 0 unspecified atom stereocenters. The number of sulfonamides is 1. The van der Waals surface area contributed by atoms with Gasteiger partial charge >= 0.3 is 0 Å². The van der Waals surface area contributed by atoms with Crippen molar-refractivity contribution in [2.24, 2.45) is 5.92 Å². The van der Waals surface area contributed by atoms with E-state index in [2.05, 4.69) is 10.0 Å². The first kappa shape index (κ1) is 16.5. The van der Waals surface area contributed by atoms with Crippen LogP contribution in [0, 0.1) is 5.92 Å². The van der Waals surface area contributed by atoms with E-state index in [1.807, 2.05) is 0 Å². The Labute approximate surface area is 134 Å². The fourth-order valence-electron chi connectivity index (χ4n) is 2.27. The van der Waals surface area contributed by atoms with E-state index in [-0.39, 0.29) is 11.7 Å². The first-order valence-electron chi connectivity index (χ1n) is 6.56. The Morgan fingerprint density at radius 3 is 2.33 bits per heavy atom. The predicted molar refractivity (Wildman–Crippen MR) is 82.8 cm³/mol. The van der Waals surface area contributed by atoms with Crippen LogP contribution in [0.3, 0.4) is 0 Å². The van der Waals surface area contributed by atoms with Gasteiger partial charge in [0.05, 0.1) is 5.75 Å². The molecule has 1 aliphatic heterocycles. The summed E-state index contributed by atoms with van der Waals surface area (Å²) in [4.78, 5) is 12.0. The molecule has 0 spiro atoms. The molecule has 1 fully saturated rings. The maximum Gasteiger partial charge on any atom is 0.239 e. The number of hydrogen-bond donors (Lipinski definition) is 2. The molecular weight excluding hydrogens is 335 g/mol. The summed E-state index contributed by atoms with van der Waals surface area (Å²) < 4.78 is 26.2. The highest BCUT2D eigenvalue weighted by molar-refractivity contribution is 7.89. The average Bonchev–Trinajstić information content (AvgIpc) is 2.37. The Hall–Kier alpha value is -0.820. The van der Waals surface area contributed by atoms with Crippen molar-refractivity contribution in [1.29, 1.82) is 0 Å². The Morgan fingerprint density at radius 1 is 1.19 bits per heavy atom. The molecule has 1 saturated heterocycles. The van der Waals surface area contributed by atoms with Gasteiger partial charge in [-0.15, -0.1) is 0 Å². The number of halogens is 2. The summed E-state index contributed by atoms with van der Waals surface area (Å²) in [6.07, 6.45) is 1.29. The van der Waals surface area contributed by atoms with Crippen LogP contribution < -0.4 is 10.0 Å². The standard InChI is InChI=1S/C13H16Cl2N2O3S/c14-11-5-9(6-12(15)7-11)8-21(19,20)17-13(18)10-1-3-16-4-2-10/h5-7,10,16H,1-4,8H2,(H,17,18). The molecule has 116 valence electrons. The van der Waals surface area contributed by atoms with Gasteiger partial charge in [0.2, 0.25) is 15.9 Å². The number of carbonyl (C=O) groups excluding carboxylic acids is 1. The maximum absolute atomic E-state index is 12.0. The highest BCUT2D eigenvalue weighted by Gasteiger charge is 2.25. The number of rotatable bonds is 4. The second kappa shape index (κ2) is 6.96. The van der Waals surface area contributed by atoms with Gasteiger partial charge in [-0.3, -0.25) is 9.52 Å². The summed E-state index contributed by atoms with van der Waals surface area (Å²) in [5.41, 5.74) is 0.443. The van der Waals surface area contributed by atoms with Crippen LogP contribution in [0.2, 0.25) is 10.0 Å². The largest absolute Gasteiger partial charge is 0.317 e. The lowest BCUT2D eigenvalue weighted by atomic mass is 9.98. The Kier molecular flexibility index (Phi) is 5.48. The number of amides is 1. The SMILES string of the molecule is O=C(NS(=O)(=O)Cc1cc(Cl)cc(Cl)c1)C1CCNCC1. The zero-order valence-corrected chi connectivity index (χ0v) is 13.6. The van der Waals surface area contributed by atoms with E-state index in [4.69, 9.17) is 23.2 Å². The molecule has 1 amide bonds. The predicted octanol–water partition coefficient (Wildman–Crippen LogP) is 1.94. The smallest absolute Gasteiger partial charge is 0.239 e. The van der Waals surface area contributed by atoms with Gasteiger partial charge in [-0.05, 0) is 49.7 Å². The van der Waals surface area contributed by atoms with Crippen molar-refractivity contribution in [1.82, 2.24) is 10.0 Å². The van der Waals surface area contributed by atoms with Crippen molar-refractivity contribution in [2.75, 3.05) is 13.1 Å². The molecule has 1 aliphatic rings. The topological polar surface area (TPSA) is 75.3 Å². The lowest BCUT2D eigenvalue weighted by Crippen LogP contribution is -2.41. The molecule has 8 heteroatoms. The molecule has 1 aromatic rings. The number of piperidine rings is 1. The van der Waals surface area contributed by atoms with Crippen molar-refractivity contribution >= 4 is 39.1 Å². The summed E-state index contributed by atoms with van der Waals surface area (Å²) >= 11 is 11.7. The van der Waals surface area contributed by atoms with E-state index in [1.54, 1.807) is 0 Å². The monoisotopic (exact) mass is 350 g/mol. The minimum Gasteiger partial charge on any atom is -0.317 e. The molecule has 5 nitrogen and oxygen atoms in total. The molecule has 2 N–H and O–H groups in total. The highest BCUT2D eigenvalue weighted by atomic mass is 35.5. The lowest BCUT2D eigenvalue weighted by molar-refractivity contribution is -0.123. The molecule has 1 aromatic carbocycles. The number of nitrogens with one attached hydrogen (secondary N) is 2.